The maximum Gasteiger partial charge on any atom is 0.320 e. The smallest absolute Gasteiger partial charge is 0.320 e. The van der Waals surface area contributed by atoms with Gasteiger partial charge in [-0.05, 0) is 29.7 Å². The molecule has 0 radical (unpaired) electrons. The molecule has 8 nitrogen and oxygen atoms in total. The van der Waals surface area contributed by atoms with Crippen molar-refractivity contribution in [1.29, 1.82) is 0 Å². The Labute approximate surface area is 150 Å². The second-order valence-electron chi connectivity index (χ2n) is 6.40. The van der Waals surface area contributed by atoms with Crippen molar-refractivity contribution in [1.82, 2.24) is 14.9 Å². The van der Waals surface area contributed by atoms with Crippen LogP contribution in [0.4, 0.5) is 10.6 Å². The quantitative estimate of drug-likeness (QED) is 0.885. The van der Waals surface area contributed by atoms with E-state index in [1.807, 2.05) is 12.1 Å². The molecule has 2 aliphatic heterocycles. The highest BCUT2D eigenvalue weighted by molar-refractivity contribution is 5.92. The summed E-state index contributed by atoms with van der Waals surface area (Å²) >= 11 is 0. The largest absolute Gasteiger partial charge is 0.370 e. The zero-order valence-corrected chi connectivity index (χ0v) is 14.2. The highest BCUT2D eigenvalue weighted by Crippen LogP contribution is 2.30. The van der Waals surface area contributed by atoms with Gasteiger partial charge in [-0.1, -0.05) is 0 Å². The molecule has 8 heteroatoms. The third-order valence-corrected chi connectivity index (χ3v) is 4.65. The molecule has 1 saturated heterocycles. The van der Waals surface area contributed by atoms with Crippen molar-refractivity contribution >= 4 is 17.8 Å². The van der Waals surface area contributed by atoms with Crippen LogP contribution in [0.3, 0.4) is 0 Å². The number of carbonyl (C=O) groups is 2. The van der Waals surface area contributed by atoms with Crippen LogP contribution in [0, 0.1) is 0 Å². The van der Waals surface area contributed by atoms with Crippen LogP contribution in [0.2, 0.25) is 0 Å². The molecule has 0 unspecified atom stereocenters. The average molecular weight is 353 g/mol. The number of hydrogen-bond donors (Lipinski definition) is 1. The Morgan fingerprint density at radius 3 is 2.85 bits per heavy atom. The van der Waals surface area contributed by atoms with Crippen molar-refractivity contribution in [3.05, 3.63) is 41.9 Å². The van der Waals surface area contributed by atoms with Crippen molar-refractivity contribution in [2.24, 2.45) is 5.73 Å². The topological polar surface area (TPSA) is 102 Å². The summed E-state index contributed by atoms with van der Waals surface area (Å²) in [6, 6.07) is 3.55. The van der Waals surface area contributed by atoms with Gasteiger partial charge in [-0.25, -0.2) is 9.78 Å². The highest BCUT2D eigenvalue weighted by Gasteiger charge is 2.25. The number of primary amides is 1. The van der Waals surface area contributed by atoms with Gasteiger partial charge >= 0.3 is 6.03 Å². The first-order valence-corrected chi connectivity index (χ1v) is 8.47. The van der Waals surface area contributed by atoms with Gasteiger partial charge in [-0.2, -0.15) is 0 Å². The maximum atomic E-state index is 11.9. The summed E-state index contributed by atoms with van der Waals surface area (Å²) in [6.07, 6.45) is 5.99. The molecule has 0 saturated carbocycles. The lowest BCUT2D eigenvalue weighted by Gasteiger charge is -2.26. The van der Waals surface area contributed by atoms with E-state index in [4.69, 9.17) is 10.5 Å². The van der Waals surface area contributed by atoms with Crippen molar-refractivity contribution < 1.29 is 14.3 Å². The summed E-state index contributed by atoms with van der Waals surface area (Å²) in [7, 11) is 0. The van der Waals surface area contributed by atoms with Crippen molar-refractivity contribution in [3.63, 3.8) is 0 Å². The van der Waals surface area contributed by atoms with E-state index >= 15 is 0 Å². The van der Waals surface area contributed by atoms with Crippen LogP contribution < -0.4 is 10.6 Å². The van der Waals surface area contributed by atoms with Crippen LogP contribution in [0.5, 0.6) is 0 Å². The minimum atomic E-state index is -0.483. The molecule has 3 amide bonds. The fourth-order valence-electron chi connectivity index (χ4n) is 3.31. The molecule has 2 aromatic heterocycles. The van der Waals surface area contributed by atoms with Gasteiger partial charge in [0.05, 0.1) is 6.61 Å². The zero-order valence-electron chi connectivity index (χ0n) is 14.2. The first-order valence-electron chi connectivity index (χ1n) is 8.47. The summed E-state index contributed by atoms with van der Waals surface area (Å²) in [5.41, 5.74) is 9.18. The lowest BCUT2D eigenvalue weighted by molar-refractivity contribution is -0.143. The molecule has 2 aliphatic rings. The van der Waals surface area contributed by atoms with Gasteiger partial charge in [-0.15, -0.1) is 0 Å². The minimum Gasteiger partial charge on any atom is -0.370 e. The maximum absolute atomic E-state index is 11.9. The first kappa shape index (κ1) is 16.5. The van der Waals surface area contributed by atoms with Gasteiger partial charge in [-0.3, -0.25) is 14.7 Å². The highest BCUT2D eigenvalue weighted by atomic mass is 16.5. The van der Waals surface area contributed by atoms with E-state index in [1.165, 1.54) is 4.90 Å². The molecule has 134 valence electrons. The van der Waals surface area contributed by atoms with Crippen LogP contribution in [0.25, 0.3) is 11.1 Å². The summed E-state index contributed by atoms with van der Waals surface area (Å²) in [6.45, 7) is 2.35. The average Bonchev–Trinajstić information content (AvgIpc) is 3.07. The molecule has 4 rings (SSSR count). The van der Waals surface area contributed by atoms with Crippen LogP contribution in [-0.4, -0.2) is 53.1 Å². The zero-order chi connectivity index (χ0) is 18.1. The van der Waals surface area contributed by atoms with E-state index in [1.54, 1.807) is 23.5 Å². The van der Waals surface area contributed by atoms with E-state index in [-0.39, 0.29) is 12.5 Å². The molecule has 4 heterocycles. The third-order valence-electron chi connectivity index (χ3n) is 4.65. The summed E-state index contributed by atoms with van der Waals surface area (Å²) in [5, 5.41) is 0. The molecule has 2 N–H and O–H groups in total. The monoisotopic (exact) mass is 353 g/mol. The van der Waals surface area contributed by atoms with E-state index in [0.717, 1.165) is 28.7 Å². The third kappa shape index (κ3) is 3.11. The number of amides is 3. The summed E-state index contributed by atoms with van der Waals surface area (Å²) < 4.78 is 5.16. The van der Waals surface area contributed by atoms with Gasteiger partial charge in [0, 0.05) is 49.4 Å². The van der Waals surface area contributed by atoms with Crippen LogP contribution >= 0.6 is 0 Å². The number of aromatic nitrogens is 2. The molecule has 0 bridgehead atoms. The fraction of sp³-hybridized carbons (Fsp3) is 0.333. The van der Waals surface area contributed by atoms with Crippen LogP contribution in [0.1, 0.15) is 11.1 Å². The van der Waals surface area contributed by atoms with Crippen LogP contribution in [-0.2, 0) is 22.5 Å². The summed E-state index contributed by atoms with van der Waals surface area (Å²) in [4.78, 5) is 35.3. The summed E-state index contributed by atoms with van der Waals surface area (Å²) in [5.74, 6) is 0.622. The van der Waals surface area contributed by atoms with E-state index in [9.17, 15) is 9.59 Å². The molecule has 0 aliphatic carbocycles. The standard InChI is InChI=1S/C18H19N5O3/c19-18(25)23-2-1-13-6-15(9-21-17(13)23)14-5-12(7-20-8-14)10-22-3-4-26-11-16(22)24/h5-9H,1-4,10-11H2,(H2,19,25). The number of anilines is 1. The molecule has 1 fully saturated rings. The van der Waals surface area contributed by atoms with Gasteiger partial charge in [0.25, 0.3) is 0 Å². The lowest BCUT2D eigenvalue weighted by Crippen LogP contribution is -2.40. The Balaban J connectivity index is 1.57. The second kappa shape index (κ2) is 6.72. The molecule has 0 aromatic carbocycles. The van der Waals surface area contributed by atoms with E-state index < -0.39 is 6.03 Å². The van der Waals surface area contributed by atoms with E-state index in [2.05, 4.69) is 9.97 Å². The number of carbonyl (C=O) groups excluding carboxylic acids is 2. The number of fused-ring (bicyclic) bond motifs is 1. The van der Waals surface area contributed by atoms with Gasteiger partial charge in [0.15, 0.2) is 0 Å². The Kier molecular flexibility index (Phi) is 4.26. The molecule has 0 atom stereocenters. The number of hydrogen-bond acceptors (Lipinski definition) is 5. The molecule has 2 aromatic rings. The van der Waals surface area contributed by atoms with Gasteiger partial charge in [0.1, 0.15) is 12.4 Å². The number of rotatable bonds is 3. The number of nitrogens with zero attached hydrogens (tertiary/aromatic N) is 4. The SMILES string of the molecule is NC(=O)N1CCc2cc(-c3cncc(CN4CCOCC4=O)c3)cnc21. The Hall–Kier alpha value is -3.00. The molecular formula is C18H19N5O3. The van der Waals surface area contributed by atoms with Crippen molar-refractivity contribution in [3.8, 4) is 11.1 Å². The number of nitrogens with two attached hydrogens (primary N) is 1. The van der Waals surface area contributed by atoms with Gasteiger partial charge in [0.2, 0.25) is 5.91 Å². The molecule has 0 spiro atoms. The molecule has 26 heavy (non-hydrogen) atoms. The first-order chi connectivity index (χ1) is 12.6. The normalized spacial score (nSPS) is 16.7. The fourth-order valence-corrected chi connectivity index (χ4v) is 3.31. The Morgan fingerprint density at radius 2 is 2.04 bits per heavy atom. The van der Waals surface area contributed by atoms with Gasteiger partial charge < -0.3 is 15.4 Å². The number of morpholine rings is 1. The number of pyridine rings is 2. The van der Waals surface area contributed by atoms with Crippen molar-refractivity contribution in [2.45, 2.75) is 13.0 Å². The lowest BCUT2D eigenvalue weighted by atomic mass is 10.1. The van der Waals surface area contributed by atoms with E-state index in [0.29, 0.717) is 32.1 Å². The number of urea groups is 1. The minimum absolute atomic E-state index is 0.00704. The number of ether oxygens (including phenoxy) is 1. The second-order valence-corrected chi connectivity index (χ2v) is 6.40. The molecular weight excluding hydrogens is 334 g/mol. The van der Waals surface area contributed by atoms with Crippen molar-refractivity contribution in [2.75, 3.05) is 31.2 Å². The predicted octanol–water partition coefficient (Wildman–Crippen LogP) is 0.944. The predicted molar refractivity (Wildman–Crippen MR) is 94.3 cm³/mol. The Morgan fingerprint density at radius 1 is 1.19 bits per heavy atom. The Bertz CT molecular complexity index is 870. The van der Waals surface area contributed by atoms with Crippen LogP contribution in [0.15, 0.2) is 30.7 Å².